The summed E-state index contributed by atoms with van der Waals surface area (Å²) in [7, 11) is -4.17. The molecule has 0 radical (unpaired) electrons. The maximum atomic E-state index is 14.0. The highest BCUT2D eigenvalue weighted by molar-refractivity contribution is 7.92. The lowest BCUT2D eigenvalue weighted by molar-refractivity contribution is -0.140. The largest absolute Gasteiger partial charge is 0.354 e. The zero-order chi connectivity index (χ0) is 28.6. The van der Waals surface area contributed by atoms with Gasteiger partial charge >= 0.3 is 0 Å². The number of carbonyl (C=O) groups excluding carboxylic acids is 2. The Morgan fingerprint density at radius 3 is 2.18 bits per heavy atom. The molecule has 10 heteroatoms. The van der Waals surface area contributed by atoms with Crippen LogP contribution in [0, 0.1) is 6.92 Å². The minimum Gasteiger partial charge on any atom is -0.354 e. The van der Waals surface area contributed by atoms with Crippen LogP contribution in [0.15, 0.2) is 77.7 Å². The van der Waals surface area contributed by atoms with Crippen LogP contribution in [0.2, 0.25) is 10.0 Å². The lowest BCUT2D eigenvalue weighted by Crippen LogP contribution is -2.52. The minimum absolute atomic E-state index is 0.0155. The summed E-state index contributed by atoms with van der Waals surface area (Å²) in [5.41, 5.74) is 2.06. The van der Waals surface area contributed by atoms with Gasteiger partial charge in [-0.1, -0.05) is 85.1 Å². The van der Waals surface area contributed by atoms with Crippen molar-refractivity contribution in [2.24, 2.45) is 0 Å². The quantitative estimate of drug-likeness (QED) is 0.288. The summed E-state index contributed by atoms with van der Waals surface area (Å²) in [6.07, 6.45) is 1.10. The third-order valence-corrected chi connectivity index (χ3v) is 8.74. The van der Waals surface area contributed by atoms with Gasteiger partial charge in [-0.2, -0.15) is 0 Å². The lowest BCUT2D eigenvalue weighted by Gasteiger charge is -2.33. The molecule has 208 valence electrons. The predicted octanol–water partition coefficient (Wildman–Crippen LogP) is 5.83. The fourth-order valence-electron chi connectivity index (χ4n) is 4.06. The molecule has 3 rings (SSSR count). The van der Waals surface area contributed by atoms with E-state index >= 15 is 0 Å². The van der Waals surface area contributed by atoms with E-state index in [1.807, 2.05) is 45.0 Å². The van der Waals surface area contributed by atoms with E-state index in [1.54, 1.807) is 18.2 Å². The molecule has 0 fully saturated rings. The summed E-state index contributed by atoms with van der Waals surface area (Å²) >= 11 is 12.3. The van der Waals surface area contributed by atoms with Crippen LogP contribution in [0.1, 0.15) is 37.8 Å². The number of carbonyl (C=O) groups is 2. The molecule has 7 nitrogen and oxygen atoms in total. The number of benzene rings is 3. The van der Waals surface area contributed by atoms with Gasteiger partial charge in [0.1, 0.15) is 12.6 Å². The molecule has 0 bridgehead atoms. The van der Waals surface area contributed by atoms with Crippen molar-refractivity contribution >= 4 is 50.7 Å². The highest BCUT2D eigenvalue weighted by Crippen LogP contribution is 2.31. The first-order valence-electron chi connectivity index (χ1n) is 12.7. The molecule has 39 heavy (non-hydrogen) atoms. The van der Waals surface area contributed by atoms with Gasteiger partial charge in [0, 0.05) is 13.1 Å². The molecule has 1 unspecified atom stereocenters. The number of nitrogens with zero attached hydrogens (tertiary/aromatic N) is 2. The van der Waals surface area contributed by atoms with E-state index in [-0.39, 0.29) is 33.1 Å². The zero-order valence-corrected chi connectivity index (χ0v) is 24.6. The second kappa shape index (κ2) is 13.8. The van der Waals surface area contributed by atoms with E-state index in [0.29, 0.717) is 13.0 Å². The standard InChI is InChI=1S/C29H33Cl2N3O4S/c1-4-17-32-29(36)27(5-2)33(19-22-13-11-21(3)12-14-22)28(35)20-34(23-15-16-25(30)26(31)18-23)39(37,38)24-9-7-6-8-10-24/h6-16,18,27H,4-5,17,19-20H2,1-3H3,(H,32,36). The number of nitrogens with one attached hydrogen (secondary N) is 1. The normalized spacial score (nSPS) is 12.0. The number of amides is 2. The Balaban J connectivity index is 2.06. The molecule has 1 N–H and O–H groups in total. The van der Waals surface area contributed by atoms with Gasteiger partial charge in [0.15, 0.2) is 0 Å². The molecule has 0 aromatic heterocycles. The molecule has 0 saturated heterocycles. The van der Waals surface area contributed by atoms with Crippen molar-refractivity contribution in [1.29, 1.82) is 0 Å². The monoisotopic (exact) mass is 589 g/mol. The Kier molecular flexibility index (Phi) is 10.8. The molecule has 0 saturated carbocycles. The van der Waals surface area contributed by atoms with Crippen molar-refractivity contribution in [2.45, 2.75) is 51.1 Å². The molecule has 2 amide bonds. The Morgan fingerprint density at radius 2 is 1.59 bits per heavy atom. The summed E-state index contributed by atoms with van der Waals surface area (Å²) in [5, 5.41) is 3.27. The van der Waals surface area contributed by atoms with Gasteiger partial charge in [-0.15, -0.1) is 0 Å². The van der Waals surface area contributed by atoms with Gasteiger partial charge in [-0.25, -0.2) is 8.42 Å². The average molecular weight is 591 g/mol. The molecule has 0 aliphatic carbocycles. The lowest BCUT2D eigenvalue weighted by atomic mass is 10.1. The first-order chi connectivity index (χ1) is 18.6. The molecule has 3 aromatic rings. The van der Waals surface area contributed by atoms with Crippen LogP contribution in [0.4, 0.5) is 5.69 Å². The second-order valence-corrected chi connectivity index (χ2v) is 11.8. The van der Waals surface area contributed by atoms with Crippen molar-refractivity contribution in [2.75, 3.05) is 17.4 Å². The van der Waals surface area contributed by atoms with Crippen LogP contribution in [0.3, 0.4) is 0 Å². The maximum Gasteiger partial charge on any atom is 0.264 e. The number of hydrogen-bond donors (Lipinski definition) is 1. The molecule has 0 aliphatic rings. The van der Waals surface area contributed by atoms with Gasteiger partial charge in [0.25, 0.3) is 10.0 Å². The second-order valence-electron chi connectivity index (χ2n) is 9.15. The minimum atomic E-state index is -4.17. The van der Waals surface area contributed by atoms with Crippen molar-refractivity contribution in [3.8, 4) is 0 Å². The number of rotatable bonds is 12. The van der Waals surface area contributed by atoms with E-state index in [1.165, 1.54) is 35.2 Å². The molecular weight excluding hydrogens is 557 g/mol. The van der Waals surface area contributed by atoms with E-state index in [0.717, 1.165) is 21.9 Å². The van der Waals surface area contributed by atoms with Gasteiger partial charge in [0.2, 0.25) is 11.8 Å². The van der Waals surface area contributed by atoms with Crippen LogP contribution in [-0.2, 0) is 26.2 Å². The first-order valence-corrected chi connectivity index (χ1v) is 14.9. The highest BCUT2D eigenvalue weighted by atomic mass is 35.5. The molecule has 0 spiro atoms. The summed E-state index contributed by atoms with van der Waals surface area (Å²) in [5.74, 6) is -0.813. The SMILES string of the molecule is CCCNC(=O)C(CC)N(Cc1ccc(C)cc1)C(=O)CN(c1ccc(Cl)c(Cl)c1)S(=O)(=O)c1ccccc1. The van der Waals surface area contributed by atoms with Gasteiger partial charge in [0.05, 0.1) is 20.6 Å². The van der Waals surface area contributed by atoms with Crippen LogP contribution < -0.4 is 9.62 Å². The van der Waals surface area contributed by atoms with Crippen molar-refractivity contribution < 1.29 is 18.0 Å². The van der Waals surface area contributed by atoms with Crippen molar-refractivity contribution in [1.82, 2.24) is 10.2 Å². The molecule has 1 atom stereocenters. The van der Waals surface area contributed by atoms with Gasteiger partial charge in [-0.3, -0.25) is 13.9 Å². The fourth-order valence-corrected chi connectivity index (χ4v) is 5.78. The highest BCUT2D eigenvalue weighted by Gasteiger charge is 2.33. The molecule has 3 aromatic carbocycles. The Morgan fingerprint density at radius 1 is 0.923 bits per heavy atom. The summed E-state index contributed by atoms with van der Waals surface area (Å²) in [6, 6.07) is 19.1. The van der Waals surface area contributed by atoms with Crippen molar-refractivity contribution in [3.05, 3.63) is 94.0 Å². The third-order valence-electron chi connectivity index (χ3n) is 6.21. The smallest absolute Gasteiger partial charge is 0.264 e. The Labute approximate surface area is 240 Å². The van der Waals surface area contributed by atoms with Crippen molar-refractivity contribution in [3.63, 3.8) is 0 Å². The third kappa shape index (κ3) is 7.75. The van der Waals surface area contributed by atoms with Gasteiger partial charge < -0.3 is 10.2 Å². The summed E-state index contributed by atoms with van der Waals surface area (Å²) < 4.78 is 28.6. The van der Waals surface area contributed by atoms with E-state index < -0.39 is 28.5 Å². The molecular formula is C29H33Cl2N3O4S. The number of sulfonamides is 1. The van der Waals surface area contributed by atoms with Gasteiger partial charge in [-0.05, 0) is 55.7 Å². The zero-order valence-electron chi connectivity index (χ0n) is 22.2. The number of hydrogen-bond acceptors (Lipinski definition) is 4. The Hall–Kier alpha value is -3.07. The number of aryl methyl sites for hydroxylation is 1. The predicted molar refractivity (Wildman–Crippen MR) is 157 cm³/mol. The maximum absolute atomic E-state index is 14.0. The van der Waals surface area contributed by atoms with E-state index in [2.05, 4.69) is 5.32 Å². The average Bonchev–Trinajstić information content (AvgIpc) is 2.93. The van der Waals surface area contributed by atoms with Crippen LogP contribution in [0.25, 0.3) is 0 Å². The first kappa shape index (κ1) is 30.5. The topological polar surface area (TPSA) is 86.8 Å². The van der Waals surface area contributed by atoms with Crippen LogP contribution in [-0.4, -0.2) is 44.3 Å². The summed E-state index contributed by atoms with van der Waals surface area (Å²) in [4.78, 5) is 28.6. The van der Waals surface area contributed by atoms with Crippen LogP contribution in [0.5, 0.6) is 0 Å². The Bertz CT molecular complexity index is 1380. The number of halogens is 2. The van der Waals surface area contributed by atoms with E-state index in [4.69, 9.17) is 23.2 Å². The molecule has 0 heterocycles. The fraction of sp³-hybridized carbons (Fsp3) is 0.310. The molecule has 0 aliphatic heterocycles. The van der Waals surface area contributed by atoms with E-state index in [9.17, 15) is 18.0 Å². The van der Waals surface area contributed by atoms with Crippen LogP contribution >= 0.6 is 23.2 Å². The summed E-state index contributed by atoms with van der Waals surface area (Å²) in [6.45, 7) is 5.79. The number of anilines is 1.